The van der Waals surface area contributed by atoms with Gasteiger partial charge in [-0.05, 0) is 56.0 Å². The second-order valence-electron chi connectivity index (χ2n) is 6.47. The van der Waals surface area contributed by atoms with Gasteiger partial charge in [0, 0.05) is 17.7 Å². The molecule has 2 aromatic rings. The quantitative estimate of drug-likeness (QED) is 0.799. The van der Waals surface area contributed by atoms with Crippen LogP contribution >= 0.6 is 0 Å². The van der Waals surface area contributed by atoms with Crippen LogP contribution in [-0.2, 0) is 11.2 Å². The summed E-state index contributed by atoms with van der Waals surface area (Å²) in [6.07, 6.45) is 1.94. The van der Waals surface area contributed by atoms with E-state index in [0.717, 1.165) is 35.5 Å². The van der Waals surface area contributed by atoms with Gasteiger partial charge in [0.1, 0.15) is 13.2 Å². The molecule has 3 rings (SSSR count). The van der Waals surface area contributed by atoms with Gasteiger partial charge in [0.25, 0.3) is 0 Å². The van der Waals surface area contributed by atoms with Gasteiger partial charge in [-0.25, -0.2) is 0 Å². The molecule has 5 heteroatoms. The molecule has 1 N–H and O–H groups in total. The standard InChI is InChI=1S/C21H23NO4/c1-14-6-8-17(15(2)23)13-18(14)22-21(24)5-3-4-16-7-9-19-20(12-16)26-11-10-25-19/h6-9,12-13H,3-5,10-11H2,1-2H3,(H,22,24). The molecule has 0 fully saturated rings. The number of amides is 1. The maximum Gasteiger partial charge on any atom is 0.224 e. The van der Waals surface area contributed by atoms with Crippen molar-refractivity contribution in [2.24, 2.45) is 0 Å². The van der Waals surface area contributed by atoms with Gasteiger partial charge in [0.15, 0.2) is 17.3 Å². The van der Waals surface area contributed by atoms with E-state index in [1.54, 1.807) is 12.1 Å². The number of Topliss-reactive ketones (excluding diaryl/α,β-unsaturated/α-hetero) is 1. The first kappa shape index (κ1) is 18.0. The van der Waals surface area contributed by atoms with E-state index < -0.39 is 0 Å². The predicted octanol–water partition coefficient (Wildman–Crippen LogP) is 3.93. The van der Waals surface area contributed by atoms with Gasteiger partial charge in [0.2, 0.25) is 5.91 Å². The summed E-state index contributed by atoms with van der Waals surface area (Å²) < 4.78 is 11.1. The van der Waals surface area contributed by atoms with Crippen molar-refractivity contribution in [3.63, 3.8) is 0 Å². The number of benzene rings is 2. The molecule has 0 radical (unpaired) electrons. The lowest BCUT2D eigenvalue weighted by Crippen LogP contribution is -2.15. The van der Waals surface area contributed by atoms with Crippen molar-refractivity contribution in [3.05, 3.63) is 53.1 Å². The molecule has 0 aliphatic carbocycles. The molecule has 2 aromatic carbocycles. The van der Waals surface area contributed by atoms with E-state index >= 15 is 0 Å². The fourth-order valence-electron chi connectivity index (χ4n) is 2.88. The van der Waals surface area contributed by atoms with Gasteiger partial charge in [-0.15, -0.1) is 0 Å². The van der Waals surface area contributed by atoms with Gasteiger partial charge in [-0.1, -0.05) is 18.2 Å². The fourth-order valence-corrected chi connectivity index (χ4v) is 2.88. The smallest absolute Gasteiger partial charge is 0.224 e. The zero-order chi connectivity index (χ0) is 18.5. The van der Waals surface area contributed by atoms with E-state index in [2.05, 4.69) is 5.32 Å². The zero-order valence-corrected chi connectivity index (χ0v) is 15.1. The number of anilines is 1. The van der Waals surface area contributed by atoms with Crippen molar-refractivity contribution in [1.29, 1.82) is 0 Å². The second-order valence-corrected chi connectivity index (χ2v) is 6.47. The molecule has 0 saturated heterocycles. The summed E-state index contributed by atoms with van der Waals surface area (Å²) in [4.78, 5) is 23.7. The predicted molar refractivity (Wildman–Crippen MR) is 100 cm³/mol. The van der Waals surface area contributed by atoms with Crippen LogP contribution in [0, 0.1) is 6.92 Å². The number of fused-ring (bicyclic) bond motifs is 1. The Balaban J connectivity index is 1.53. The third-order valence-electron chi connectivity index (χ3n) is 4.39. The van der Waals surface area contributed by atoms with Crippen molar-refractivity contribution in [2.75, 3.05) is 18.5 Å². The highest BCUT2D eigenvalue weighted by atomic mass is 16.6. The number of carbonyl (C=O) groups excluding carboxylic acids is 2. The minimum Gasteiger partial charge on any atom is -0.486 e. The Morgan fingerprint density at radius 1 is 1.04 bits per heavy atom. The first-order chi connectivity index (χ1) is 12.5. The molecular weight excluding hydrogens is 330 g/mol. The number of aryl methyl sites for hydroxylation is 2. The minimum absolute atomic E-state index is 0.0147. The average molecular weight is 353 g/mol. The number of carbonyl (C=O) groups is 2. The Labute approximate surface area is 153 Å². The third-order valence-corrected chi connectivity index (χ3v) is 4.39. The molecule has 1 aliphatic rings. The highest BCUT2D eigenvalue weighted by Gasteiger charge is 2.12. The number of ketones is 1. The van der Waals surface area contributed by atoms with Crippen LogP contribution < -0.4 is 14.8 Å². The first-order valence-electron chi connectivity index (χ1n) is 8.83. The molecule has 0 spiro atoms. The minimum atomic E-state index is -0.0497. The van der Waals surface area contributed by atoms with Crippen molar-refractivity contribution in [1.82, 2.24) is 0 Å². The number of rotatable bonds is 6. The highest BCUT2D eigenvalue weighted by molar-refractivity contribution is 5.97. The maximum atomic E-state index is 12.2. The van der Waals surface area contributed by atoms with E-state index in [1.165, 1.54) is 6.92 Å². The molecule has 0 bridgehead atoms. The zero-order valence-electron chi connectivity index (χ0n) is 15.1. The Bertz CT molecular complexity index is 829. The lowest BCUT2D eigenvalue weighted by Gasteiger charge is -2.18. The van der Waals surface area contributed by atoms with Crippen LogP contribution in [0.2, 0.25) is 0 Å². The summed E-state index contributed by atoms with van der Waals surface area (Å²) in [7, 11) is 0. The van der Waals surface area contributed by atoms with Crippen molar-refractivity contribution in [3.8, 4) is 11.5 Å². The van der Waals surface area contributed by atoms with E-state index in [-0.39, 0.29) is 11.7 Å². The highest BCUT2D eigenvalue weighted by Crippen LogP contribution is 2.31. The lowest BCUT2D eigenvalue weighted by atomic mass is 10.1. The molecule has 1 amide bonds. The number of hydrogen-bond acceptors (Lipinski definition) is 4. The third kappa shape index (κ3) is 4.42. The van der Waals surface area contributed by atoms with E-state index in [4.69, 9.17) is 9.47 Å². The largest absolute Gasteiger partial charge is 0.486 e. The van der Waals surface area contributed by atoms with Crippen molar-refractivity contribution >= 4 is 17.4 Å². The Hall–Kier alpha value is -2.82. The van der Waals surface area contributed by atoms with Gasteiger partial charge in [-0.2, -0.15) is 0 Å². The molecule has 136 valence electrons. The Kier molecular flexibility index (Phi) is 5.56. The summed E-state index contributed by atoms with van der Waals surface area (Å²) in [5, 5.41) is 2.91. The maximum absolute atomic E-state index is 12.2. The Morgan fingerprint density at radius 2 is 1.81 bits per heavy atom. The first-order valence-corrected chi connectivity index (χ1v) is 8.83. The monoisotopic (exact) mass is 353 g/mol. The number of nitrogens with one attached hydrogen (secondary N) is 1. The molecule has 0 unspecified atom stereocenters. The fraction of sp³-hybridized carbons (Fsp3) is 0.333. The summed E-state index contributed by atoms with van der Waals surface area (Å²) >= 11 is 0. The summed E-state index contributed by atoms with van der Waals surface area (Å²) in [5.41, 5.74) is 3.36. The average Bonchev–Trinajstić information content (AvgIpc) is 2.63. The van der Waals surface area contributed by atoms with Crippen molar-refractivity contribution in [2.45, 2.75) is 33.1 Å². The lowest BCUT2D eigenvalue weighted by molar-refractivity contribution is -0.116. The van der Waals surface area contributed by atoms with Crippen LogP contribution in [0.25, 0.3) is 0 Å². The topological polar surface area (TPSA) is 64.6 Å². The van der Waals surface area contributed by atoms with E-state index in [0.29, 0.717) is 30.9 Å². The summed E-state index contributed by atoms with van der Waals surface area (Å²) in [5.74, 6) is 1.49. The summed E-state index contributed by atoms with van der Waals surface area (Å²) in [6.45, 7) is 4.58. The molecule has 0 atom stereocenters. The van der Waals surface area contributed by atoms with Gasteiger partial charge >= 0.3 is 0 Å². The molecule has 1 aliphatic heterocycles. The van der Waals surface area contributed by atoms with Crippen molar-refractivity contribution < 1.29 is 19.1 Å². The number of hydrogen-bond donors (Lipinski definition) is 1. The normalized spacial score (nSPS) is 12.5. The molecule has 26 heavy (non-hydrogen) atoms. The Morgan fingerprint density at radius 3 is 2.58 bits per heavy atom. The van der Waals surface area contributed by atoms with Crippen LogP contribution in [0.1, 0.15) is 41.3 Å². The molecule has 5 nitrogen and oxygen atoms in total. The molecule has 0 saturated carbocycles. The summed E-state index contributed by atoms with van der Waals surface area (Å²) in [6, 6.07) is 11.3. The van der Waals surface area contributed by atoms with Crippen LogP contribution in [0.15, 0.2) is 36.4 Å². The number of ether oxygens (including phenoxy) is 2. The van der Waals surface area contributed by atoms with Crippen LogP contribution in [0.5, 0.6) is 11.5 Å². The van der Waals surface area contributed by atoms with E-state index in [9.17, 15) is 9.59 Å². The van der Waals surface area contributed by atoms with E-state index in [1.807, 2.05) is 31.2 Å². The van der Waals surface area contributed by atoms with Gasteiger partial charge in [-0.3, -0.25) is 9.59 Å². The van der Waals surface area contributed by atoms with Crippen LogP contribution in [-0.4, -0.2) is 24.9 Å². The SMILES string of the molecule is CC(=O)c1ccc(C)c(NC(=O)CCCc2ccc3c(c2)OCCO3)c1. The van der Waals surface area contributed by atoms with Gasteiger partial charge < -0.3 is 14.8 Å². The molecule has 0 aromatic heterocycles. The molecule has 1 heterocycles. The molecular formula is C21H23NO4. The van der Waals surface area contributed by atoms with Crippen LogP contribution in [0.3, 0.4) is 0 Å². The van der Waals surface area contributed by atoms with Gasteiger partial charge in [0.05, 0.1) is 0 Å². The van der Waals surface area contributed by atoms with Crippen LogP contribution in [0.4, 0.5) is 5.69 Å². The second kappa shape index (κ2) is 8.04.